The van der Waals surface area contributed by atoms with Crippen molar-refractivity contribution in [2.75, 3.05) is 26.7 Å². The van der Waals surface area contributed by atoms with Crippen molar-refractivity contribution in [1.29, 1.82) is 0 Å². The molecule has 2 unspecified atom stereocenters. The van der Waals surface area contributed by atoms with Crippen LogP contribution in [0.1, 0.15) is 32.8 Å². The van der Waals surface area contributed by atoms with Crippen molar-refractivity contribution in [3.8, 4) is 0 Å². The first-order valence-corrected chi connectivity index (χ1v) is 10.3. The van der Waals surface area contributed by atoms with Crippen LogP contribution in [0.5, 0.6) is 0 Å². The molecule has 0 fully saturated rings. The van der Waals surface area contributed by atoms with Crippen LogP contribution in [0.2, 0.25) is 10.0 Å². The second-order valence-corrected chi connectivity index (χ2v) is 9.46. The summed E-state index contributed by atoms with van der Waals surface area (Å²) in [5.74, 6) is -2.14. The monoisotopic (exact) mass is 502 g/mol. The molecular formula is C20H27Cl2F3N2O5. The minimum absolute atomic E-state index is 0.0504. The number of halogens is 5. The lowest BCUT2D eigenvalue weighted by atomic mass is 9.74. The van der Waals surface area contributed by atoms with Crippen molar-refractivity contribution in [3.63, 3.8) is 0 Å². The lowest BCUT2D eigenvalue weighted by molar-refractivity contribution is -0.185. The Morgan fingerprint density at radius 3 is 2.06 bits per heavy atom. The Bertz CT molecular complexity index is 832. The Kier molecular flexibility index (Phi) is 9.24. The fraction of sp³-hybridized carbons (Fsp3) is 0.600. The second-order valence-electron chi connectivity index (χ2n) is 8.65. The molecule has 3 N–H and O–H groups in total. The molecule has 1 aromatic rings. The van der Waals surface area contributed by atoms with Gasteiger partial charge in [-0.25, -0.2) is 4.79 Å². The van der Waals surface area contributed by atoms with Crippen LogP contribution in [0.4, 0.5) is 18.0 Å². The van der Waals surface area contributed by atoms with Crippen LogP contribution in [-0.2, 0) is 10.2 Å². The Morgan fingerprint density at radius 2 is 1.66 bits per heavy atom. The number of likely N-dealkylation sites (N-methyl/N-ethyl adjacent to an activating group) is 1. The molecule has 1 rings (SSSR count). The van der Waals surface area contributed by atoms with Gasteiger partial charge in [-0.15, -0.1) is 0 Å². The molecule has 0 aliphatic rings. The third kappa shape index (κ3) is 7.13. The van der Waals surface area contributed by atoms with Gasteiger partial charge < -0.3 is 25.1 Å². The third-order valence-corrected chi connectivity index (χ3v) is 5.74. The number of carbonyl (C=O) groups excluding carboxylic acids is 1. The normalized spacial score (nSPS) is 15.1. The molecule has 2 atom stereocenters. The molecule has 0 saturated carbocycles. The van der Waals surface area contributed by atoms with Gasteiger partial charge >= 0.3 is 18.2 Å². The highest BCUT2D eigenvalue weighted by Crippen LogP contribution is 2.37. The molecule has 0 aliphatic heterocycles. The molecule has 0 radical (unpaired) electrons. The summed E-state index contributed by atoms with van der Waals surface area (Å²) in [4.78, 5) is 25.3. The van der Waals surface area contributed by atoms with E-state index in [4.69, 9.17) is 23.2 Å². The lowest BCUT2D eigenvalue weighted by Gasteiger charge is -2.45. The van der Waals surface area contributed by atoms with Crippen molar-refractivity contribution >= 4 is 35.2 Å². The van der Waals surface area contributed by atoms with Crippen LogP contribution in [0, 0.1) is 0 Å². The third-order valence-electron chi connectivity index (χ3n) is 5.00. The van der Waals surface area contributed by atoms with Gasteiger partial charge in [0.25, 0.3) is 0 Å². The maximum atomic E-state index is 13.1. The molecule has 0 saturated heterocycles. The van der Waals surface area contributed by atoms with Gasteiger partial charge in [-0.05, 0) is 44.9 Å². The number of amides is 2. The van der Waals surface area contributed by atoms with Crippen molar-refractivity contribution < 1.29 is 38.1 Å². The summed E-state index contributed by atoms with van der Waals surface area (Å²) >= 11 is 12.1. The summed E-state index contributed by atoms with van der Waals surface area (Å²) in [6.45, 7) is 3.01. The first-order chi connectivity index (χ1) is 14.4. The lowest BCUT2D eigenvalue weighted by Crippen LogP contribution is -2.57. The standard InChI is InChI=1S/C20H27Cl2F3N2O5/c1-18(2,3)27(17(31)32)11-19(8-13(29)9-28,10-26(4)16(30)20(23,24)25)12-5-6-14(21)15(22)7-12/h5-7,13,28-29H,8-11H2,1-4H3,(H,31,32). The molecule has 12 heteroatoms. The van der Waals surface area contributed by atoms with Crippen LogP contribution in [0.15, 0.2) is 18.2 Å². The molecule has 0 spiro atoms. The fourth-order valence-electron chi connectivity index (χ4n) is 3.46. The second kappa shape index (κ2) is 10.5. The van der Waals surface area contributed by atoms with Crippen molar-refractivity contribution in [2.24, 2.45) is 0 Å². The van der Waals surface area contributed by atoms with E-state index in [0.717, 1.165) is 11.9 Å². The number of alkyl halides is 3. The molecule has 1 aromatic carbocycles. The number of nitrogens with zero attached hydrogens (tertiary/aromatic N) is 2. The predicted octanol–water partition coefficient (Wildman–Crippen LogP) is 3.77. The number of carbonyl (C=O) groups is 2. The summed E-state index contributed by atoms with van der Waals surface area (Å²) in [7, 11) is 0.926. The Balaban J connectivity index is 3.74. The van der Waals surface area contributed by atoms with Gasteiger partial charge in [0.2, 0.25) is 0 Å². The van der Waals surface area contributed by atoms with E-state index in [2.05, 4.69) is 0 Å². The molecule has 7 nitrogen and oxygen atoms in total. The Labute approximate surface area is 194 Å². The van der Waals surface area contributed by atoms with E-state index in [-0.39, 0.29) is 22.0 Å². The summed E-state index contributed by atoms with van der Waals surface area (Å²) in [6.07, 6.45) is -8.30. The maximum absolute atomic E-state index is 13.1. The number of hydrogen-bond donors (Lipinski definition) is 3. The molecule has 32 heavy (non-hydrogen) atoms. The highest BCUT2D eigenvalue weighted by atomic mass is 35.5. The number of aliphatic hydroxyl groups excluding tert-OH is 2. The van der Waals surface area contributed by atoms with E-state index in [0.29, 0.717) is 4.90 Å². The summed E-state index contributed by atoms with van der Waals surface area (Å²) in [6, 6.07) is 4.17. The molecule has 0 heterocycles. The number of carboxylic acid groups (broad SMARTS) is 1. The zero-order chi connectivity index (χ0) is 25.1. The molecule has 0 bridgehead atoms. The summed E-state index contributed by atoms with van der Waals surface area (Å²) in [5, 5.41) is 29.7. The van der Waals surface area contributed by atoms with Gasteiger partial charge in [0.05, 0.1) is 22.8 Å². The van der Waals surface area contributed by atoms with Gasteiger partial charge in [0.15, 0.2) is 0 Å². The predicted molar refractivity (Wildman–Crippen MR) is 114 cm³/mol. The number of hydrogen-bond acceptors (Lipinski definition) is 4. The van der Waals surface area contributed by atoms with E-state index >= 15 is 0 Å². The number of benzene rings is 1. The molecule has 2 amide bonds. The van der Waals surface area contributed by atoms with Gasteiger partial charge in [-0.3, -0.25) is 4.79 Å². The minimum atomic E-state index is -5.16. The first-order valence-electron chi connectivity index (χ1n) is 9.52. The van der Waals surface area contributed by atoms with E-state index in [1.165, 1.54) is 18.2 Å². The van der Waals surface area contributed by atoms with Crippen LogP contribution in [-0.4, -0.2) is 81.7 Å². The molecule has 0 aromatic heterocycles. The van der Waals surface area contributed by atoms with Crippen molar-refractivity contribution in [1.82, 2.24) is 9.80 Å². The highest BCUT2D eigenvalue weighted by Gasteiger charge is 2.47. The zero-order valence-electron chi connectivity index (χ0n) is 18.1. The molecule has 0 aliphatic carbocycles. The summed E-state index contributed by atoms with van der Waals surface area (Å²) < 4.78 is 39.2. The Morgan fingerprint density at radius 1 is 1.09 bits per heavy atom. The topological polar surface area (TPSA) is 101 Å². The first kappa shape index (κ1) is 28.3. The van der Waals surface area contributed by atoms with Crippen LogP contribution in [0.3, 0.4) is 0 Å². The number of aliphatic hydroxyl groups is 2. The van der Waals surface area contributed by atoms with Crippen LogP contribution < -0.4 is 0 Å². The fourth-order valence-corrected chi connectivity index (χ4v) is 3.76. The van der Waals surface area contributed by atoms with E-state index in [1.807, 2.05) is 0 Å². The van der Waals surface area contributed by atoms with Crippen molar-refractivity contribution in [3.05, 3.63) is 33.8 Å². The van der Waals surface area contributed by atoms with E-state index in [9.17, 15) is 38.1 Å². The quantitative estimate of drug-likeness (QED) is 0.502. The SMILES string of the molecule is CN(CC(CC(O)CO)(CN(C(=O)O)C(C)(C)C)c1ccc(Cl)c(Cl)c1)C(=O)C(F)(F)F. The molecular weight excluding hydrogens is 476 g/mol. The van der Waals surface area contributed by atoms with E-state index < -0.39 is 54.9 Å². The smallest absolute Gasteiger partial charge is 0.465 e. The van der Waals surface area contributed by atoms with Gasteiger partial charge in [0.1, 0.15) is 0 Å². The minimum Gasteiger partial charge on any atom is -0.465 e. The largest absolute Gasteiger partial charge is 0.471 e. The zero-order valence-corrected chi connectivity index (χ0v) is 19.6. The maximum Gasteiger partial charge on any atom is 0.471 e. The van der Waals surface area contributed by atoms with E-state index in [1.54, 1.807) is 20.8 Å². The highest BCUT2D eigenvalue weighted by molar-refractivity contribution is 6.42. The van der Waals surface area contributed by atoms with Crippen LogP contribution in [0.25, 0.3) is 0 Å². The number of rotatable bonds is 8. The van der Waals surface area contributed by atoms with Crippen molar-refractivity contribution in [2.45, 2.75) is 50.4 Å². The van der Waals surface area contributed by atoms with Crippen LogP contribution >= 0.6 is 23.2 Å². The average molecular weight is 503 g/mol. The van der Waals surface area contributed by atoms with Gasteiger partial charge in [0, 0.05) is 31.1 Å². The summed E-state index contributed by atoms with van der Waals surface area (Å²) in [5.41, 5.74) is -2.31. The average Bonchev–Trinajstić information content (AvgIpc) is 2.65. The van der Waals surface area contributed by atoms with Gasteiger partial charge in [-0.2, -0.15) is 13.2 Å². The Hall–Kier alpha value is -1.75. The van der Waals surface area contributed by atoms with Gasteiger partial charge in [-0.1, -0.05) is 29.3 Å². The molecule has 182 valence electrons.